The predicted octanol–water partition coefficient (Wildman–Crippen LogP) is 0.591. The fourth-order valence-electron chi connectivity index (χ4n) is 0.354. The Labute approximate surface area is 55.2 Å². The van der Waals surface area contributed by atoms with E-state index in [1.54, 1.807) is 0 Å². The molecule has 0 aromatic carbocycles. The van der Waals surface area contributed by atoms with Crippen LogP contribution in [0.4, 0.5) is 0 Å². The lowest BCUT2D eigenvalue weighted by molar-refractivity contribution is 0.786. The van der Waals surface area contributed by atoms with E-state index in [0.29, 0.717) is 0 Å². The molecule has 8 heavy (non-hydrogen) atoms. The lowest BCUT2D eigenvalue weighted by Gasteiger charge is -2.01. The molecule has 0 spiro atoms. The molecular formula is C5H14N2S. The van der Waals surface area contributed by atoms with E-state index >= 15 is 0 Å². The van der Waals surface area contributed by atoms with E-state index in [1.807, 2.05) is 11.8 Å². The van der Waals surface area contributed by atoms with Crippen LogP contribution < -0.4 is 11.3 Å². The van der Waals surface area contributed by atoms with Crippen molar-refractivity contribution in [3.8, 4) is 0 Å². The van der Waals surface area contributed by atoms with Crippen LogP contribution in [-0.4, -0.2) is 17.5 Å². The molecule has 3 heteroatoms. The first-order valence-electron chi connectivity index (χ1n) is 2.82. The standard InChI is InChI=1S/C5H14N2S/c1-5(2)8-4-3-7-6/h5,7H,3-4,6H2,1-2H3. The maximum atomic E-state index is 5.05. The van der Waals surface area contributed by atoms with Crippen molar-refractivity contribution in [2.75, 3.05) is 12.3 Å². The molecule has 0 aliphatic heterocycles. The summed E-state index contributed by atoms with van der Waals surface area (Å²) < 4.78 is 0. The Kier molecular flexibility index (Phi) is 5.59. The Morgan fingerprint density at radius 3 is 2.62 bits per heavy atom. The first kappa shape index (κ1) is 8.27. The lowest BCUT2D eigenvalue weighted by Crippen LogP contribution is -2.24. The summed E-state index contributed by atoms with van der Waals surface area (Å²) in [4.78, 5) is 0. The Morgan fingerprint density at radius 1 is 1.62 bits per heavy atom. The summed E-state index contributed by atoms with van der Waals surface area (Å²) in [6.07, 6.45) is 0. The number of hydrogen-bond acceptors (Lipinski definition) is 3. The largest absolute Gasteiger partial charge is 0.271 e. The van der Waals surface area contributed by atoms with Gasteiger partial charge in [0.05, 0.1) is 0 Å². The van der Waals surface area contributed by atoms with Crippen molar-refractivity contribution in [2.45, 2.75) is 19.1 Å². The number of rotatable bonds is 4. The summed E-state index contributed by atoms with van der Waals surface area (Å²) in [5, 5.41) is 0.725. The molecule has 0 aliphatic rings. The summed E-state index contributed by atoms with van der Waals surface area (Å²) in [6.45, 7) is 5.27. The van der Waals surface area contributed by atoms with Crippen LogP contribution in [0.3, 0.4) is 0 Å². The van der Waals surface area contributed by atoms with Crippen LogP contribution in [0.2, 0.25) is 0 Å². The van der Waals surface area contributed by atoms with Gasteiger partial charge in [-0.3, -0.25) is 11.3 Å². The summed E-state index contributed by atoms with van der Waals surface area (Å²) in [5.74, 6) is 6.16. The molecule has 3 N–H and O–H groups in total. The highest BCUT2D eigenvalue weighted by Crippen LogP contribution is 2.06. The summed E-state index contributed by atoms with van der Waals surface area (Å²) in [7, 11) is 0. The van der Waals surface area contributed by atoms with E-state index in [-0.39, 0.29) is 0 Å². The fourth-order valence-corrected chi connectivity index (χ4v) is 1.06. The lowest BCUT2D eigenvalue weighted by atomic mass is 10.6. The van der Waals surface area contributed by atoms with Crippen molar-refractivity contribution in [1.82, 2.24) is 5.43 Å². The van der Waals surface area contributed by atoms with E-state index in [9.17, 15) is 0 Å². The molecule has 0 aliphatic carbocycles. The molecule has 0 rings (SSSR count). The minimum atomic E-state index is 0.725. The first-order valence-corrected chi connectivity index (χ1v) is 3.87. The number of nitrogens with one attached hydrogen (secondary N) is 1. The van der Waals surface area contributed by atoms with Crippen molar-refractivity contribution < 1.29 is 0 Å². The SMILES string of the molecule is CC(C)SCCNN. The molecule has 2 nitrogen and oxygen atoms in total. The van der Waals surface area contributed by atoms with Gasteiger partial charge in [-0.2, -0.15) is 11.8 Å². The second kappa shape index (κ2) is 5.41. The third-order valence-electron chi connectivity index (χ3n) is 0.698. The second-order valence-electron chi connectivity index (χ2n) is 1.87. The van der Waals surface area contributed by atoms with Crippen molar-refractivity contribution in [1.29, 1.82) is 0 Å². The van der Waals surface area contributed by atoms with Gasteiger partial charge in [0.1, 0.15) is 0 Å². The highest BCUT2D eigenvalue weighted by atomic mass is 32.2. The predicted molar refractivity (Wildman–Crippen MR) is 39.8 cm³/mol. The number of hydrazine groups is 1. The molecule has 50 valence electrons. The molecule has 0 fully saturated rings. The van der Waals surface area contributed by atoms with Crippen molar-refractivity contribution >= 4 is 11.8 Å². The van der Waals surface area contributed by atoms with E-state index < -0.39 is 0 Å². The summed E-state index contributed by atoms with van der Waals surface area (Å²) in [6, 6.07) is 0. The minimum absolute atomic E-state index is 0.725. The normalized spacial score (nSPS) is 10.5. The Balaban J connectivity index is 2.72. The zero-order valence-corrected chi connectivity index (χ0v) is 6.29. The van der Waals surface area contributed by atoms with Crippen LogP contribution >= 0.6 is 11.8 Å². The van der Waals surface area contributed by atoms with Crippen LogP contribution in [0.5, 0.6) is 0 Å². The summed E-state index contributed by atoms with van der Waals surface area (Å²) in [5.41, 5.74) is 2.60. The quantitative estimate of drug-likeness (QED) is 0.336. The topological polar surface area (TPSA) is 38.0 Å². The van der Waals surface area contributed by atoms with Crippen LogP contribution in [0.25, 0.3) is 0 Å². The highest BCUT2D eigenvalue weighted by Gasteiger charge is 1.90. The molecule has 0 amide bonds. The molecule has 0 radical (unpaired) electrons. The third kappa shape index (κ3) is 6.27. The third-order valence-corrected chi connectivity index (χ3v) is 1.80. The smallest absolute Gasteiger partial charge is 0.0188 e. The molecule has 0 saturated heterocycles. The fraction of sp³-hybridized carbons (Fsp3) is 1.00. The molecule has 0 aromatic heterocycles. The molecule has 0 heterocycles. The highest BCUT2D eigenvalue weighted by molar-refractivity contribution is 7.99. The van der Waals surface area contributed by atoms with Crippen molar-refractivity contribution in [3.63, 3.8) is 0 Å². The molecular weight excluding hydrogens is 120 g/mol. The van der Waals surface area contributed by atoms with Crippen LogP contribution in [0.15, 0.2) is 0 Å². The van der Waals surface area contributed by atoms with E-state index in [4.69, 9.17) is 5.84 Å². The van der Waals surface area contributed by atoms with Crippen molar-refractivity contribution in [2.24, 2.45) is 5.84 Å². The number of hydrogen-bond donors (Lipinski definition) is 2. The van der Waals surface area contributed by atoms with Gasteiger partial charge in [-0.25, -0.2) is 0 Å². The Morgan fingerprint density at radius 2 is 2.25 bits per heavy atom. The zero-order chi connectivity index (χ0) is 6.41. The van der Waals surface area contributed by atoms with Crippen molar-refractivity contribution in [3.05, 3.63) is 0 Å². The van der Waals surface area contributed by atoms with Gasteiger partial charge in [0.25, 0.3) is 0 Å². The van der Waals surface area contributed by atoms with Crippen LogP contribution in [-0.2, 0) is 0 Å². The van der Waals surface area contributed by atoms with E-state index in [1.165, 1.54) is 0 Å². The van der Waals surface area contributed by atoms with E-state index in [0.717, 1.165) is 17.5 Å². The molecule has 0 bridgehead atoms. The van der Waals surface area contributed by atoms with Gasteiger partial charge in [0, 0.05) is 12.3 Å². The Bertz CT molecular complexity index is 47.7. The zero-order valence-electron chi connectivity index (χ0n) is 5.48. The van der Waals surface area contributed by atoms with Crippen LogP contribution in [0, 0.1) is 0 Å². The van der Waals surface area contributed by atoms with Gasteiger partial charge in [0.2, 0.25) is 0 Å². The Hall–Kier alpha value is 0.270. The maximum absolute atomic E-state index is 5.05. The van der Waals surface area contributed by atoms with Crippen LogP contribution in [0.1, 0.15) is 13.8 Å². The molecule has 0 atom stereocenters. The van der Waals surface area contributed by atoms with Gasteiger partial charge in [0.15, 0.2) is 0 Å². The van der Waals surface area contributed by atoms with Gasteiger partial charge in [-0.05, 0) is 5.25 Å². The first-order chi connectivity index (χ1) is 3.77. The van der Waals surface area contributed by atoms with Gasteiger partial charge in [-0.1, -0.05) is 13.8 Å². The monoisotopic (exact) mass is 134 g/mol. The molecule has 0 unspecified atom stereocenters. The second-order valence-corrected chi connectivity index (χ2v) is 3.56. The number of nitrogens with two attached hydrogens (primary N) is 1. The van der Waals surface area contributed by atoms with Gasteiger partial charge < -0.3 is 0 Å². The molecule has 0 aromatic rings. The molecule has 0 saturated carbocycles. The van der Waals surface area contributed by atoms with Gasteiger partial charge >= 0.3 is 0 Å². The maximum Gasteiger partial charge on any atom is 0.0188 e. The minimum Gasteiger partial charge on any atom is -0.271 e. The average Bonchev–Trinajstić information content (AvgIpc) is 1.66. The van der Waals surface area contributed by atoms with E-state index in [2.05, 4.69) is 19.3 Å². The average molecular weight is 134 g/mol. The number of thioether (sulfide) groups is 1. The summed E-state index contributed by atoms with van der Waals surface area (Å²) >= 11 is 1.91. The van der Waals surface area contributed by atoms with Gasteiger partial charge in [-0.15, -0.1) is 0 Å².